The predicted molar refractivity (Wildman–Crippen MR) is 100 cm³/mol. The summed E-state index contributed by atoms with van der Waals surface area (Å²) in [6.45, 7) is 7.63. The van der Waals surface area contributed by atoms with E-state index in [-0.39, 0.29) is 29.8 Å². The van der Waals surface area contributed by atoms with Gasteiger partial charge in [-0.3, -0.25) is 19.5 Å². The molecule has 2 fully saturated rings. The van der Waals surface area contributed by atoms with Gasteiger partial charge in [0.2, 0.25) is 11.8 Å². The van der Waals surface area contributed by atoms with Crippen molar-refractivity contribution in [2.45, 2.75) is 58.2 Å². The highest BCUT2D eigenvalue weighted by Crippen LogP contribution is 2.20. The molecule has 2 amide bonds. The Morgan fingerprint density at radius 2 is 1.92 bits per heavy atom. The Bertz CT molecular complexity index is 611. The smallest absolute Gasteiger partial charge is 0.243 e. The minimum absolute atomic E-state index is 0.0165. The second kappa shape index (κ2) is 8.62. The van der Waals surface area contributed by atoms with Gasteiger partial charge in [-0.1, -0.05) is 13.8 Å². The van der Waals surface area contributed by atoms with Crippen LogP contribution in [0.25, 0.3) is 0 Å². The number of hydrogen-bond acceptors (Lipinski definition) is 4. The molecule has 2 saturated heterocycles. The Kier molecular flexibility index (Phi) is 6.25. The van der Waals surface area contributed by atoms with Crippen molar-refractivity contribution in [1.82, 2.24) is 20.1 Å². The van der Waals surface area contributed by atoms with Gasteiger partial charge in [-0.15, -0.1) is 0 Å². The Morgan fingerprint density at radius 3 is 2.50 bits per heavy atom. The molecule has 2 aliphatic rings. The predicted octanol–water partition coefficient (Wildman–Crippen LogP) is 1.81. The van der Waals surface area contributed by atoms with Crippen LogP contribution in [0.15, 0.2) is 24.5 Å². The van der Waals surface area contributed by atoms with E-state index in [0.717, 1.165) is 38.9 Å². The molecule has 6 nitrogen and oxygen atoms in total. The summed E-state index contributed by atoms with van der Waals surface area (Å²) < 4.78 is 0. The van der Waals surface area contributed by atoms with Crippen LogP contribution in [0.3, 0.4) is 0 Å². The third-order valence-corrected chi connectivity index (χ3v) is 5.44. The van der Waals surface area contributed by atoms with Gasteiger partial charge in [-0.05, 0) is 42.9 Å². The van der Waals surface area contributed by atoms with Crippen molar-refractivity contribution in [1.29, 1.82) is 0 Å². The van der Waals surface area contributed by atoms with Crippen LogP contribution in [-0.4, -0.2) is 58.3 Å². The Morgan fingerprint density at radius 1 is 1.23 bits per heavy atom. The summed E-state index contributed by atoms with van der Waals surface area (Å²) in [6.07, 6.45) is 7.00. The SMILES string of the molecule is CC(C)[C@@H](C(=O)NC1CCN(Cc2ccncc2)CC1)N1CCCC1=O. The molecule has 1 aromatic rings. The highest BCUT2D eigenvalue weighted by molar-refractivity contribution is 5.89. The van der Waals surface area contributed by atoms with Gasteiger partial charge in [-0.25, -0.2) is 0 Å². The van der Waals surface area contributed by atoms with Crippen LogP contribution in [0.1, 0.15) is 45.1 Å². The van der Waals surface area contributed by atoms with Gasteiger partial charge < -0.3 is 10.2 Å². The molecule has 3 heterocycles. The Labute approximate surface area is 156 Å². The van der Waals surface area contributed by atoms with Gasteiger partial charge in [0.1, 0.15) is 6.04 Å². The number of nitrogens with zero attached hydrogens (tertiary/aromatic N) is 3. The summed E-state index contributed by atoms with van der Waals surface area (Å²) in [5.74, 6) is 0.262. The zero-order valence-corrected chi connectivity index (χ0v) is 15.9. The zero-order chi connectivity index (χ0) is 18.5. The molecule has 0 aromatic carbocycles. The molecular weight excluding hydrogens is 328 g/mol. The summed E-state index contributed by atoms with van der Waals surface area (Å²) in [4.78, 5) is 33.2. The van der Waals surface area contributed by atoms with Gasteiger partial charge in [-0.2, -0.15) is 0 Å². The normalized spacial score (nSPS) is 20.6. The number of nitrogens with one attached hydrogen (secondary N) is 1. The summed E-state index contributed by atoms with van der Waals surface area (Å²) in [5.41, 5.74) is 1.27. The molecule has 0 bridgehead atoms. The largest absolute Gasteiger partial charge is 0.351 e. The second-order valence-corrected chi connectivity index (χ2v) is 7.79. The van der Waals surface area contributed by atoms with Crippen molar-refractivity contribution in [3.8, 4) is 0 Å². The molecule has 142 valence electrons. The van der Waals surface area contributed by atoms with Gasteiger partial charge in [0.15, 0.2) is 0 Å². The number of carbonyl (C=O) groups excluding carboxylic acids is 2. The number of carbonyl (C=O) groups is 2. The Hall–Kier alpha value is -1.95. The molecule has 0 aliphatic carbocycles. The van der Waals surface area contributed by atoms with E-state index in [1.165, 1.54) is 5.56 Å². The topological polar surface area (TPSA) is 65.5 Å². The minimum atomic E-state index is -0.333. The molecule has 1 atom stereocenters. The maximum Gasteiger partial charge on any atom is 0.243 e. The summed E-state index contributed by atoms with van der Waals surface area (Å²) in [7, 11) is 0. The van der Waals surface area contributed by atoms with Gasteiger partial charge in [0.25, 0.3) is 0 Å². The molecule has 0 unspecified atom stereocenters. The highest BCUT2D eigenvalue weighted by Gasteiger charge is 2.36. The van der Waals surface area contributed by atoms with Crippen molar-refractivity contribution in [3.63, 3.8) is 0 Å². The molecule has 1 aromatic heterocycles. The van der Waals surface area contributed by atoms with E-state index in [1.54, 1.807) is 4.90 Å². The molecule has 3 rings (SSSR count). The van der Waals surface area contributed by atoms with Crippen molar-refractivity contribution in [3.05, 3.63) is 30.1 Å². The fourth-order valence-electron chi connectivity index (χ4n) is 4.04. The number of pyridine rings is 1. The quantitative estimate of drug-likeness (QED) is 0.842. The average Bonchev–Trinajstić information content (AvgIpc) is 3.03. The van der Waals surface area contributed by atoms with Crippen LogP contribution < -0.4 is 5.32 Å². The van der Waals surface area contributed by atoms with Crippen LogP contribution in [-0.2, 0) is 16.1 Å². The minimum Gasteiger partial charge on any atom is -0.351 e. The summed E-state index contributed by atoms with van der Waals surface area (Å²) >= 11 is 0. The molecule has 0 saturated carbocycles. The maximum absolute atomic E-state index is 12.8. The van der Waals surface area contributed by atoms with E-state index < -0.39 is 0 Å². The molecule has 6 heteroatoms. The number of rotatable bonds is 6. The lowest BCUT2D eigenvalue weighted by Gasteiger charge is -2.35. The first kappa shape index (κ1) is 18.8. The van der Waals surface area contributed by atoms with Crippen LogP contribution in [0.2, 0.25) is 0 Å². The first-order valence-corrected chi connectivity index (χ1v) is 9.75. The van der Waals surface area contributed by atoms with Crippen molar-refractivity contribution >= 4 is 11.8 Å². The molecule has 26 heavy (non-hydrogen) atoms. The van der Waals surface area contributed by atoms with Crippen molar-refractivity contribution < 1.29 is 9.59 Å². The standard InChI is InChI=1S/C20H30N4O2/c1-15(2)19(24-11-3-4-18(24)25)20(26)22-17-7-12-23(13-8-17)14-16-5-9-21-10-6-16/h5-6,9-10,15,17,19H,3-4,7-8,11-14H2,1-2H3,(H,22,26)/t19-/m0/s1. The molecule has 0 spiro atoms. The molecule has 0 radical (unpaired) electrons. The van der Waals surface area contributed by atoms with Crippen LogP contribution in [0.4, 0.5) is 0 Å². The zero-order valence-electron chi connectivity index (χ0n) is 15.9. The second-order valence-electron chi connectivity index (χ2n) is 7.79. The number of piperidine rings is 1. The van der Waals surface area contributed by atoms with Crippen LogP contribution in [0, 0.1) is 5.92 Å². The van der Waals surface area contributed by atoms with Gasteiger partial charge in [0, 0.05) is 51.0 Å². The highest BCUT2D eigenvalue weighted by atomic mass is 16.2. The van der Waals surface area contributed by atoms with Crippen molar-refractivity contribution in [2.75, 3.05) is 19.6 Å². The maximum atomic E-state index is 12.8. The average molecular weight is 358 g/mol. The number of likely N-dealkylation sites (tertiary alicyclic amines) is 2. The first-order valence-electron chi connectivity index (χ1n) is 9.75. The fourth-order valence-corrected chi connectivity index (χ4v) is 4.04. The summed E-state index contributed by atoms with van der Waals surface area (Å²) in [5, 5.41) is 3.21. The lowest BCUT2D eigenvalue weighted by Crippen LogP contribution is -2.54. The monoisotopic (exact) mass is 358 g/mol. The van der Waals surface area contributed by atoms with E-state index in [2.05, 4.69) is 15.2 Å². The van der Waals surface area contributed by atoms with Crippen LogP contribution in [0.5, 0.6) is 0 Å². The molecule has 2 aliphatic heterocycles. The lowest BCUT2D eigenvalue weighted by atomic mass is 9.99. The van der Waals surface area contributed by atoms with E-state index >= 15 is 0 Å². The Balaban J connectivity index is 1.50. The number of aromatic nitrogens is 1. The number of hydrogen-bond donors (Lipinski definition) is 1. The van der Waals surface area contributed by atoms with Crippen LogP contribution >= 0.6 is 0 Å². The van der Waals surface area contributed by atoms with E-state index in [4.69, 9.17) is 0 Å². The fraction of sp³-hybridized carbons (Fsp3) is 0.650. The molecular formula is C20H30N4O2. The lowest BCUT2D eigenvalue weighted by molar-refractivity contribution is -0.139. The summed E-state index contributed by atoms with van der Waals surface area (Å²) in [6, 6.07) is 3.97. The third-order valence-electron chi connectivity index (χ3n) is 5.44. The molecule has 1 N–H and O–H groups in total. The van der Waals surface area contributed by atoms with E-state index in [1.807, 2.05) is 38.4 Å². The number of amides is 2. The van der Waals surface area contributed by atoms with Crippen molar-refractivity contribution in [2.24, 2.45) is 5.92 Å². The first-order chi connectivity index (χ1) is 12.5. The van der Waals surface area contributed by atoms with Gasteiger partial charge >= 0.3 is 0 Å². The van der Waals surface area contributed by atoms with E-state index in [0.29, 0.717) is 13.0 Å². The van der Waals surface area contributed by atoms with Gasteiger partial charge in [0.05, 0.1) is 0 Å². The van der Waals surface area contributed by atoms with E-state index in [9.17, 15) is 9.59 Å². The third kappa shape index (κ3) is 4.61.